The predicted octanol–water partition coefficient (Wildman–Crippen LogP) is 6.44. The van der Waals surface area contributed by atoms with Crippen LogP contribution in [0.5, 0.6) is 0 Å². The van der Waals surface area contributed by atoms with Gasteiger partial charge in [-0.1, -0.05) is 91.0 Å². The molecule has 0 aliphatic heterocycles. The van der Waals surface area contributed by atoms with Crippen molar-refractivity contribution in [3.05, 3.63) is 125 Å². The van der Waals surface area contributed by atoms with Crippen LogP contribution in [0.25, 0.3) is 27.8 Å². The van der Waals surface area contributed by atoms with Crippen LogP contribution in [0.15, 0.2) is 103 Å². The fourth-order valence-electron chi connectivity index (χ4n) is 4.43. The zero-order valence-corrected chi connectivity index (χ0v) is 20.8. The summed E-state index contributed by atoms with van der Waals surface area (Å²) in [7, 11) is 2.48. The Morgan fingerprint density at radius 1 is 0.658 bits per heavy atom. The van der Waals surface area contributed by atoms with Crippen LogP contribution in [0, 0.1) is 22.7 Å². The van der Waals surface area contributed by atoms with Gasteiger partial charge in [0.15, 0.2) is 0 Å². The number of nitriles is 2. The van der Waals surface area contributed by atoms with Crippen molar-refractivity contribution in [2.75, 3.05) is 14.2 Å². The molecule has 0 N–H and O–H groups in total. The van der Waals surface area contributed by atoms with E-state index in [1.165, 1.54) is 14.2 Å². The van der Waals surface area contributed by atoms with E-state index >= 15 is 0 Å². The Morgan fingerprint density at radius 2 is 1.13 bits per heavy atom. The molecule has 4 aromatic rings. The zero-order chi connectivity index (χ0) is 27.1. The molecular weight excluding hydrogens is 476 g/mol. The average Bonchev–Trinajstić information content (AvgIpc) is 2.99. The molecule has 0 saturated carbocycles. The number of allylic oxidation sites excluding steroid dienone is 1. The highest BCUT2D eigenvalue weighted by molar-refractivity contribution is 6.14. The summed E-state index contributed by atoms with van der Waals surface area (Å²) in [6, 6.07) is 32.8. The molecule has 0 atom stereocenters. The molecule has 184 valence electrons. The number of nitrogens with zero attached hydrogens (tertiary/aromatic N) is 2. The van der Waals surface area contributed by atoms with E-state index in [4.69, 9.17) is 9.47 Å². The van der Waals surface area contributed by atoms with Crippen LogP contribution in [-0.2, 0) is 9.47 Å². The average molecular weight is 499 g/mol. The third-order valence-corrected chi connectivity index (χ3v) is 6.06. The van der Waals surface area contributed by atoms with Gasteiger partial charge in [-0.15, -0.1) is 0 Å². The van der Waals surface area contributed by atoms with Gasteiger partial charge in [0.2, 0.25) is 0 Å². The number of hydrogen-bond acceptors (Lipinski definition) is 6. The van der Waals surface area contributed by atoms with Crippen molar-refractivity contribution in [2.24, 2.45) is 0 Å². The Hall–Kier alpha value is -5.46. The maximum Gasteiger partial charge on any atom is 0.339 e. The lowest BCUT2D eigenvalue weighted by molar-refractivity contribution is 0.0556. The molecule has 0 aliphatic carbocycles. The minimum atomic E-state index is -0.758. The Labute approximate surface area is 220 Å². The second kappa shape index (κ2) is 11.5. The summed E-state index contributed by atoms with van der Waals surface area (Å²) in [5, 5.41) is 20.0. The molecule has 0 fully saturated rings. The van der Waals surface area contributed by atoms with Crippen LogP contribution in [0.3, 0.4) is 0 Å². The van der Waals surface area contributed by atoms with Gasteiger partial charge in [-0.25, -0.2) is 9.59 Å². The summed E-state index contributed by atoms with van der Waals surface area (Å²) in [6.45, 7) is 0. The van der Waals surface area contributed by atoms with Gasteiger partial charge in [-0.3, -0.25) is 0 Å². The van der Waals surface area contributed by atoms with Gasteiger partial charge in [-0.2, -0.15) is 10.5 Å². The van der Waals surface area contributed by atoms with E-state index in [-0.39, 0.29) is 16.7 Å². The van der Waals surface area contributed by atoms with E-state index in [1.54, 1.807) is 66.7 Å². The summed E-state index contributed by atoms with van der Waals surface area (Å²) in [5.74, 6) is -1.48. The molecule has 0 bridgehead atoms. The first-order valence-electron chi connectivity index (χ1n) is 11.6. The number of benzene rings is 4. The summed E-state index contributed by atoms with van der Waals surface area (Å²) >= 11 is 0. The maximum atomic E-state index is 13.5. The number of hydrogen-bond donors (Lipinski definition) is 0. The highest BCUT2D eigenvalue weighted by Gasteiger charge is 2.31. The minimum absolute atomic E-state index is 0.0226. The largest absolute Gasteiger partial charge is 0.465 e. The first-order valence-corrected chi connectivity index (χ1v) is 11.6. The number of methoxy groups -OCH3 is 2. The van der Waals surface area contributed by atoms with Gasteiger partial charge < -0.3 is 9.47 Å². The lowest BCUT2D eigenvalue weighted by Crippen LogP contribution is -2.17. The fourth-order valence-corrected chi connectivity index (χ4v) is 4.43. The molecule has 4 rings (SSSR count). The standard InChI is InChI=1S/C32H22N2O4/c1-37-31(35)29-25(21-12-6-3-7-13-21)18-26(27(24(19-33)20-34)22-14-8-4-9-15-22)28(30(29)32(36)38-2)23-16-10-5-11-17-23/h3-18H,1-2H3. The molecule has 0 amide bonds. The van der Waals surface area contributed by atoms with Gasteiger partial charge in [-0.05, 0) is 33.9 Å². The second-order valence-electron chi connectivity index (χ2n) is 8.15. The summed E-state index contributed by atoms with van der Waals surface area (Å²) in [4.78, 5) is 26.8. The number of ether oxygens (including phenoxy) is 2. The van der Waals surface area contributed by atoms with Crippen LogP contribution in [-0.4, -0.2) is 26.2 Å². The summed E-state index contributed by atoms with van der Waals surface area (Å²) < 4.78 is 10.3. The van der Waals surface area contributed by atoms with E-state index in [1.807, 2.05) is 42.5 Å². The number of esters is 2. The highest BCUT2D eigenvalue weighted by atomic mass is 16.5. The van der Waals surface area contributed by atoms with Crippen molar-refractivity contribution in [3.8, 4) is 34.4 Å². The van der Waals surface area contributed by atoms with Crippen molar-refractivity contribution in [2.45, 2.75) is 0 Å². The number of rotatable bonds is 6. The van der Waals surface area contributed by atoms with Crippen molar-refractivity contribution in [1.82, 2.24) is 0 Å². The molecule has 0 heterocycles. The third kappa shape index (κ3) is 4.80. The number of carbonyl (C=O) groups excluding carboxylic acids is 2. The Morgan fingerprint density at radius 3 is 1.63 bits per heavy atom. The Kier molecular flexibility index (Phi) is 7.77. The van der Waals surface area contributed by atoms with Crippen LogP contribution < -0.4 is 0 Å². The van der Waals surface area contributed by atoms with Crippen molar-refractivity contribution in [1.29, 1.82) is 10.5 Å². The van der Waals surface area contributed by atoms with Gasteiger partial charge in [0.1, 0.15) is 17.7 Å². The third-order valence-electron chi connectivity index (χ3n) is 6.06. The Balaban J connectivity index is 2.33. The monoisotopic (exact) mass is 498 g/mol. The van der Waals surface area contributed by atoms with Crippen molar-refractivity contribution in [3.63, 3.8) is 0 Å². The zero-order valence-electron chi connectivity index (χ0n) is 20.8. The van der Waals surface area contributed by atoms with Crippen LogP contribution >= 0.6 is 0 Å². The van der Waals surface area contributed by atoms with Gasteiger partial charge in [0.25, 0.3) is 0 Å². The van der Waals surface area contributed by atoms with Crippen LogP contribution in [0.2, 0.25) is 0 Å². The quantitative estimate of drug-likeness (QED) is 0.224. The maximum absolute atomic E-state index is 13.5. The van der Waals surface area contributed by atoms with Gasteiger partial charge in [0, 0.05) is 11.1 Å². The van der Waals surface area contributed by atoms with E-state index in [2.05, 4.69) is 0 Å². The molecule has 6 nitrogen and oxygen atoms in total. The van der Waals surface area contributed by atoms with E-state index in [0.717, 1.165) is 0 Å². The van der Waals surface area contributed by atoms with Crippen molar-refractivity contribution >= 4 is 17.5 Å². The second-order valence-corrected chi connectivity index (χ2v) is 8.15. The smallest absolute Gasteiger partial charge is 0.339 e. The molecule has 38 heavy (non-hydrogen) atoms. The number of carbonyl (C=O) groups is 2. The molecule has 0 aromatic heterocycles. The van der Waals surface area contributed by atoms with Gasteiger partial charge in [0.05, 0.1) is 25.3 Å². The molecule has 0 radical (unpaired) electrons. The molecule has 4 aromatic carbocycles. The van der Waals surface area contributed by atoms with E-state index in [0.29, 0.717) is 39.0 Å². The molecule has 0 spiro atoms. The van der Waals surface area contributed by atoms with Gasteiger partial charge >= 0.3 is 11.9 Å². The lowest BCUT2D eigenvalue weighted by atomic mass is 9.80. The SMILES string of the molecule is COC(=O)c1c(-c2ccccc2)cc(C(=C(C#N)C#N)c2ccccc2)c(-c2ccccc2)c1C(=O)OC. The molecular formula is C32H22N2O4. The first kappa shape index (κ1) is 25.6. The minimum Gasteiger partial charge on any atom is -0.465 e. The van der Waals surface area contributed by atoms with E-state index in [9.17, 15) is 20.1 Å². The van der Waals surface area contributed by atoms with Crippen LogP contribution in [0.4, 0.5) is 0 Å². The topological polar surface area (TPSA) is 100 Å². The summed E-state index contributed by atoms with van der Waals surface area (Å²) in [6.07, 6.45) is 0. The van der Waals surface area contributed by atoms with E-state index < -0.39 is 11.9 Å². The molecule has 0 unspecified atom stereocenters. The Bertz CT molecular complexity index is 1600. The predicted molar refractivity (Wildman–Crippen MR) is 144 cm³/mol. The van der Waals surface area contributed by atoms with Crippen LogP contribution in [0.1, 0.15) is 31.8 Å². The summed E-state index contributed by atoms with van der Waals surface area (Å²) in [5.41, 5.74) is 3.19. The fraction of sp³-hybridized carbons (Fsp3) is 0.0625. The lowest BCUT2D eigenvalue weighted by Gasteiger charge is -2.22. The highest BCUT2D eigenvalue weighted by Crippen LogP contribution is 2.43. The molecule has 0 aliphatic rings. The molecule has 0 saturated heterocycles. The van der Waals surface area contributed by atoms with Crippen molar-refractivity contribution < 1.29 is 19.1 Å². The first-order chi connectivity index (χ1) is 18.5. The normalized spacial score (nSPS) is 10.0. The molecule has 6 heteroatoms.